The van der Waals surface area contributed by atoms with E-state index in [-0.39, 0.29) is 0 Å². The lowest BCUT2D eigenvalue weighted by Gasteiger charge is -2.26. The van der Waals surface area contributed by atoms with E-state index in [0.29, 0.717) is 0 Å². The van der Waals surface area contributed by atoms with Crippen molar-refractivity contribution in [3.05, 3.63) is 150 Å². The molecule has 6 aromatic rings. The van der Waals surface area contributed by atoms with Gasteiger partial charge in [0.2, 0.25) is 0 Å². The highest BCUT2D eigenvalue weighted by Crippen LogP contribution is 2.42. The maximum Gasteiger partial charge on any atom is 0.0479 e. The highest BCUT2D eigenvalue weighted by molar-refractivity contribution is 9.10. The number of hydrogen-bond donors (Lipinski definition) is 0. The van der Waals surface area contributed by atoms with E-state index >= 15 is 0 Å². The molecule has 0 fully saturated rings. The van der Waals surface area contributed by atoms with Crippen LogP contribution < -0.4 is 4.90 Å². The molecule has 0 aliphatic carbocycles. The molecule has 0 amide bonds. The largest absolute Gasteiger partial charge is 0.310 e. The number of rotatable bonds is 5. The van der Waals surface area contributed by atoms with Crippen LogP contribution in [0.15, 0.2) is 150 Å². The molecule has 172 valence electrons. The van der Waals surface area contributed by atoms with Crippen LogP contribution in [0.25, 0.3) is 33.0 Å². The summed E-state index contributed by atoms with van der Waals surface area (Å²) in [6, 6.07) is 51.6. The second-order valence-corrected chi connectivity index (χ2v) is 9.70. The third-order valence-corrected chi connectivity index (χ3v) is 6.93. The van der Waals surface area contributed by atoms with Gasteiger partial charge >= 0.3 is 0 Å². The average molecular weight is 526 g/mol. The zero-order valence-electron chi connectivity index (χ0n) is 19.7. The number of anilines is 3. The van der Waals surface area contributed by atoms with Crippen molar-refractivity contribution in [3.63, 3.8) is 0 Å². The van der Waals surface area contributed by atoms with E-state index in [0.717, 1.165) is 21.5 Å². The summed E-state index contributed by atoms with van der Waals surface area (Å²) in [6.07, 6.45) is 0. The zero-order valence-corrected chi connectivity index (χ0v) is 21.3. The zero-order chi connectivity index (χ0) is 24.3. The number of hydrogen-bond acceptors (Lipinski definition) is 1. The van der Waals surface area contributed by atoms with Gasteiger partial charge in [-0.1, -0.05) is 119 Å². The van der Waals surface area contributed by atoms with Crippen LogP contribution in [0, 0.1) is 0 Å². The fourth-order valence-corrected chi connectivity index (χ4v) is 5.37. The van der Waals surface area contributed by atoms with E-state index in [4.69, 9.17) is 0 Å². The Morgan fingerprint density at radius 2 is 1.03 bits per heavy atom. The Bertz CT molecular complexity index is 1590. The summed E-state index contributed by atoms with van der Waals surface area (Å²) >= 11 is 3.83. The average Bonchev–Trinajstić information content (AvgIpc) is 2.94. The van der Waals surface area contributed by atoms with E-state index < -0.39 is 0 Å². The summed E-state index contributed by atoms with van der Waals surface area (Å²) in [5, 5.41) is 2.50. The minimum Gasteiger partial charge on any atom is -0.310 e. The summed E-state index contributed by atoms with van der Waals surface area (Å²) in [7, 11) is 0. The Hall–Kier alpha value is -4.14. The minimum atomic E-state index is 1.04. The van der Waals surface area contributed by atoms with Crippen LogP contribution in [0.3, 0.4) is 0 Å². The van der Waals surface area contributed by atoms with Crippen LogP contribution in [0.2, 0.25) is 0 Å². The normalized spacial score (nSPS) is 10.9. The molecule has 0 saturated heterocycles. The van der Waals surface area contributed by atoms with Gasteiger partial charge in [-0.25, -0.2) is 0 Å². The van der Waals surface area contributed by atoms with Crippen molar-refractivity contribution >= 4 is 43.8 Å². The van der Waals surface area contributed by atoms with Crippen molar-refractivity contribution in [3.8, 4) is 22.3 Å². The van der Waals surface area contributed by atoms with Crippen molar-refractivity contribution in [2.75, 3.05) is 4.90 Å². The molecular weight excluding hydrogens is 502 g/mol. The molecule has 1 nitrogen and oxygen atoms in total. The molecule has 0 bridgehead atoms. The third-order valence-electron chi connectivity index (χ3n) is 6.47. The van der Waals surface area contributed by atoms with Crippen molar-refractivity contribution < 1.29 is 0 Å². The second kappa shape index (κ2) is 9.85. The predicted octanol–water partition coefficient (Wildman–Crippen LogP) is 10.4. The molecule has 0 heterocycles. The molecule has 36 heavy (non-hydrogen) atoms. The first-order valence-electron chi connectivity index (χ1n) is 12.1. The number of benzene rings is 6. The fraction of sp³-hybridized carbons (Fsp3) is 0. The lowest BCUT2D eigenvalue weighted by atomic mass is 9.89. The van der Waals surface area contributed by atoms with Crippen LogP contribution in [0.4, 0.5) is 17.1 Å². The Morgan fingerprint density at radius 3 is 1.69 bits per heavy atom. The molecule has 6 aromatic carbocycles. The molecule has 0 aliphatic heterocycles. The summed E-state index contributed by atoms with van der Waals surface area (Å²) < 4.78 is 1.04. The molecule has 0 saturated carbocycles. The molecule has 0 atom stereocenters. The Balaban J connectivity index is 1.59. The molecule has 0 radical (unpaired) electrons. The lowest BCUT2D eigenvalue weighted by Crippen LogP contribution is -2.09. The van der Waals surface area contributed by atoms with E-state index in [9.17, 15) is 0 Å². The van der Waals surface area contributed by atoms with E-state index in [1.807, 2.05) is 0 Å². The van der Waals surface area contributed by atoms with Gasteiger partial charge in [0.1, 0.15) is 0 Å². The van der Waals surface area contributed by atoms with Gasteiger partial charge in [0.25, 0.3) is 0 Å². The molecule has 6 rings (SSSR count). The van der Waals surface area contributed by atoms with Gasteiger partial charge < -0.3 is 4.90 Å². The Morgan fingerprint density at radius 1 is 0.444 bits per heavy atom. The van der Waals surface area contributed by atoms with Gasteiger partial charge in [-0.05, 0) is 75.5 Å². The quantitative estimate of drug-likeness (QED) is 0.216. The van der Waals surface area contributed by atoms with Crippen molar-refractivity contribution in [1.29, 1.82) is 0 Å². The number of fused-ring (bicyclic) bond motifs is 1. The molecule has 2 heteroatoms. The minimum absolute atomic E-state index is 1.04. The first kappa shape index (κ1) is 22.3. The fourth-order valence-electron chi connectivity index (χ4n) is 4.89. The molecule has 0 aromatic heterocycles. The molecule has 0 aliphatic rings. The van der Waals surface area contributed by atoms with Crippen molar-refractivity contribution in [2.24, 2.45) is 0 Å². The van der Waals surface area contributed by atoms with E-state index in [1.165, 1.54) is 33.0 Å². The lowest BCUT2D eigenvalue weighted by molar-refractivity contribution is 1.28. The van der Waals surface area contributed by atoms with Crippen LogP contribution in [0.1, 0.15) is 0 Å². The predicted molar refractivity (Wildman–Crippen MR) is 157 cm³/mol. The van der Waals surface area contributed by atoms with Gasteiger partial charge in [-0.3, -0.25) is 0 Å². The first-order valence-corrected chi connectivity index (χ1v) is 12.9. The maximum absolute atomic E-state index is 3.83. The standard InChI is InChI=1S/C34H24BrN/c35-28-22-27(23-31(24-28)36(29-15-6-2-7-16-29)30-17-8-3-9-18-30)33-21-20-25-12-10-11-19-32(25)34(33)26-13-4-1-5-14-26/h1-24H. The maximum atomic E-state index is 3.83. The van der Waals surface area contributed by atoms with Gasteiger partial charge in [-0.2, -0.15) is 0 Å². The van der Waals surface area contributed by atoms with Crippen molar-refractivity contribution in [2.45, 2.75) is 0 Å². The highest BCUT2D eigenvalue weighted by Gasteiger charge is 2.17. The highest BCUT2D eigenvalue weighted by atomic mass is 79.9. The topological polar surface area (TPSA) is 3.24 Å². The third kappa shape index (κ3) is 4.32. The van der Waals surface area contributed by atoms with E-state index in [2.05, 4.69) is 166 Å². The summed E-state index contributed by atoms with van der Waals surface area (Å²) in [6.45, 7) is 0. The summed E-state index contributed by atoms with van der Waals surface area (Å²) in [4.78, 5) is 2.30. The molecule has 0 spiro atoms. The first-order chi connectivity index (χ1) is 17.8. The molecular formula is C34H24BrN. The molecule has 0 N–H and O–H groups in total. The van der Waals surface area contributed by atoms with Crippen molar-refractivity contribution in [1.82, 2.24) is 0 Å². The Labute approximate surface area is 220 Å². The van der Waals surface area contributed by atoms with Gasteiger partial charge in [0.15, 0.2) is 0 Å². The van der Waals surface area contributed by atoms with Crippen LogP contribution >= 0.6 is 15.9 Å². The van der Waals surface area contributed by atoms with Gasteiger partial charge in [-0.15, -0.1) is 0 Å². The van der Waals surface area contributed by atoms with Crippen LogP contribution in [-0.4, -0.2) is 0 Å². The number of halogens is 1. The summed E-state index contributed by atoms with van der Waals surface area (Å²) in [5.41, 5.74) is 8.19. The van der Waals surface area contributed by atoms with Gasteiger partial charge in [0.05, 0.1) is 0 Å². The Kier molecular flexibility index (Phi) is 6.11. The summed E-state index contributed by atoms with van der Waals surface area (Å²) in [5.74, 6) is 0. The smallest absolute Gasteiger partial charge is 0.0479 e. The molecule has 0 unspecified atom stereocenters. The van der Waals surface area contributed by atoms with Crippen LogP contribution in [0.5, 0.6) is 0 Å². The second-order valence-electron chi connectivity index (χ2n) is 8.78. The number of para-hydroxylation sites is 2. The van der Waals surface area contributed by atoms with Crippen LogP contribution in [-0.2, 0) is 0 Å². The van der Waals surface area contributed by atoms with Gasteiger partial charge in [0, 0.05) is 21.5 Å². The SMILES string of the molecule is Brc1cc(-c2ccc3ccccc3c2-c2ccccc2)cc(N(c2ccccc2)c2ccccc2)c1. The number of nitrogens with zero attached hydrogens (tertiary/aromatic N) is 1. The van der Waals surface area contributed by atoms with E-state index in [1.54, 1.807) is 0 Å². The monoisotopic (exact) mass is 525 g/mol.